The number of primary amides is 1. The first-order valence-electron chi connectivity index (χ1n) is 7.52. The van der Waals surface area contributed by atoms with Gasteiger partial charge in [-0.25, -0.2) is 0 Å². The molecule has 2 rings (SSSR count). The fourth-order valence-electron chi connectivity index (χ4n) is 2.42. The minimum atomic E-state index is -0.867. The maximum absolute atomic E-state index is 11.5. The second kappa shape index (κ2) is 7.28. The van der Waals surface area contributed by atoms with Crippen LogP contribution >= 0.6 is 11.6 Å². The Morgan fingerprint density at radius 2 is 2.08 bits per heavy atom. The van der Waals surface area contributed by atoms with Gasteiger partial charge in [-0.1, -0.05) is 17.5 Å². The summed E-state index contributed by atoms with van der Waals surface area (Å²) in [7, 11) is 1.50. The van der Waals surface area contributed by atoms with E-state index in [0.29, 0.717) is 27.8 Å². The van der Waals surface area contributed by atoms with Gasteiger partial charge in [0.25, 0.3) is 5.91 Å². The highest BCUT2D eigenvalue weighted by Gasteiger charge is 2.28. The number of nitrogen functional groups attached to an aromatic ring is 1. The molecule has 7 nitrogen and oxygen atoms in total. The van der Waals surface area contributed by atoms with Crippen molar-refractivity contribution in [2.75, 3.05) is 12.8 Å². The minimum absolute atomic E-state index is 0.0474. The van der Waals surface area contributed by atoms with Crippen molar-refractivity contribution in [3.05, 3.63) is 39.2 Å². The molecule has 1 aliphatic rings. The van der Waals surface area contributed by atoms with Crippen molar-refractivity contribution in [2.45, 2.75) is 18.8 Å². The van der Waals surface area contributed by atoms with E-state index in [1.165, 1.54) is 7.05 Å². The Morgan fingerprint density at radius 3 is 2.56 bits per heavy atom. The van der Waals surface area contributed by atoms with Crippen LogP contribution in [0.4, 0.5) is 5.69 Å². The summed E-state index contributed by atoms with van der Waals surface area (Å²) in [6, 6.07) is 1.75. The molecule has 0 atom stereocenters. The summed E-state index contributed by atoms with van der Waals surface area (Å²) in [5.41, 5.74) is 18.6. The van der Waals surface area contributed by atoms with Gasteiger partial charge >= 0.3 is 0 Å². The normalized spacial score (nSPS) is 14.0. The molecule has 1 aromatic rings. The second-order valence-corrected chi connectivity index (χ2v) is 6.00. The zero-order chi connectivity index (χ0) is 18.7. The van der Waals surface area contributed by atoms with Gasteiger partial charge in [0.1, 0.15) is 17.1 Å². The predicted octanol–water partition coefficient (Wildman–Crippen LogP) is 1.04. The van der Waals surface area contributed by atoms with Gasteiger partial charge < -0.3 is 27.9 Å². The molecule has 8 heteroatoms. The lowest BCUT2D eigenvalue weighted by Gasteiger charge is -2.11. The molecule has 0 unspecified atom stereocenters. The van der Waals surface area contributed by atoms with Crippen molar-refractivity contribution in [1.82, 2.24) is 5.32 Å². The van der Waals surface area contributed by atoms with Crippen LogP contribution in [0.1, 0.15) is 35.4 Å². The van der Waals surface area contributed by atoms with Crippen LogP contribution in [0.25, 0.3) is 0 Å². The van der Waals surface area contributed by atoms with Gasteiger partial charge in [0, 0.05) is 24.5 Å². The number of amides is 1. The molecule has 0 bridgehead atoms. The lowest BCUT2D eigenvalue weighted by atomic mass is 9.98. The van der Waals surface area contributed by atoms with Gasteiger partial charge in [0.05, 0.1) is 10.6 Å². The number of halogens is 1. The van der Waals surface area contributed by atoms with Crippen LogP contribution in [-0.4, -0.2) is 24.9 Å². The van der Waals surface area contributed by atoms with Gasteiger partial charge in [0.15, 0.2) is 0 Å². The monoisotopic (exact) mass is 358 g/mol. The van der Waals surface area contributed by atoms with Crippen LogP contribution in [-0.2, 0) is 4.79 Å². The second-order valence-electron chi connectivity index (χ2n) is 5.60. The standard InChI is InChI=1S/C17H19ClN6O/c1-24-16(22)14(17(23)25)13(20)5-4-9-11(7-19)15(21)10(6-12(9)18)8-2-3-8/h6-8,19-20,24H,2-3,21-22H2,1H3,(H2,23,25)/b16-14-,19-7?,20-13?. The Labute approximate surface area is 150 Å². The van der Waals surface area contributed by atoms with Gasteiger partial charge in [-0.15, -0.1) is 0 Å². The van der Waals surface area contributed by atoms with Crippen molar-refractivity contribution < 1.29 is 4.79 Å². The van der Waals surface area contributed by atoms with E-state index in [-0.39, 0.29) is 17.1 Å². The molecular weight excluding hydrogens is 340 g/mol. The highest BCUT2D eigenvalue weighted by Crippen LogP contribution is 2.45. The average molecular weight is 359 g/mol. The topological polar surface area (TPSA) is 155 Å². The van der Waals surface area contributed by atoms with Gasteiger partial charge in [-0.05, 0) is 36.3 Å². The molecule has 0 saturated heterocycles. The third kappa shape index (κ3) is 3.75. The number of nitrogens with two attached hydrogens (primary N) is 3. The number of hydrogen-bond donors (Lipinski definition) is 6. The van der Waals surface area contributed by atoms with Crippen LogP contribution in [0.15, 0.2) is 17.5 Å². The Morgan fingerprint density at radius 1 is 1.44 bits per heavy atom. The van der Waals surface area contributed by atoms with Crippen molar-refractivity contribution in [3.8, 4) is 11.8 Å². The summed E-state index contributed by atoms with van der Waals surface area (Å²) in [5.74, 6) is 4.68. The van der Waals surface area contributed by atoms with E-state index in [0.717, 1.165) is 24.6 Å². The number of carbonyl (C=O) groups is 1. The van der Waals surface area contributed by atoms with E-state index in [9.17, 15) is 4.79 Å². The minimum Gasteiger partial charge on any atom is -0.398 e. The first-order valence-corrected chi connectivity index (χ1v) is 7.90. The predicted molar refractivity (Wildman–Crippen MR) is 99.8 cm³/mol. The van der Waals surface area contributed by atoms with Gasteiger partial charge in [-0.2, -0.15) is 0 Å². The molecule has 0 radical (unpaired) electrons. The highest BCUT2D eigenvalue weighted by molar-refractivity contribution is 6.33. The maximum atomic E-state index is 11.5. The van der Waals surface area contributed by atoms with E-state index < -0.39 is 5.91 Å². The molecule has 1 aliphatic carbocycles. The van der Waals surface area contributed by atoms with Crippen LogP contribution in [0, 0.1) is 22.7 Å². The highest BCUT2D eigenvalue weighted by atomic mass is 35.5. The third-order valence-electron chi connectivity index (χ3n) is 3.90. The first-order chi connectivity index (χ1) is 11.8. The average Bonchev–Trinajstić information content (AvgIpc) is 3.39. The zero-order valence-electron chi connectivity index (χ0n) is 13.7. The Kier molecular flexibility index (Phi) is 5.35. The van der Waals surface area contributed by atoms with Crippen LogP contribution in [0.2, 0.25) is 5.02 Å². The Hall–Kier alpha value is -2.98. The summed E-state index contributed by atoms with van der Waals surface area (Å²) >= 11 is 6.30. The molecule has 0 aromatic heterocycles. The summed E-state index contributed by atoms with van der Waals surface area (Å²) in [6.45, 7) is 0. The lowest BCUT2D eigenvalue weighted by molar-refractivity contribution is -0.114. The van der Waals surface area contributed by atoms with Crippen LogP contribution < -0.4 is 22.5 Å². The first kappa shape index (κ1) is 18.4. The number of rotatable bonds is 5. The maximum Gasteiger partial charge on any atom is 0.255 e. The summed E-state index contributed by atoms with van der Waals surface area (Å²) in [4.78, 5) is 11.5. The molecule has 0 heterocycles. The molecule has 25 heavy (non-hydrogen) atoms. The van der Waals surface area contributed by atoms with E-state index in [2.05, 4.69) is 17.2 Å². The van der Waals surface area contributed by atoms with E-state index in [1.807, 2.05) is 0 Å². The lowest BCUT2D eigenvalue weighted by Crippen LogP contribution is -2.29. The third-order valence-corrected chi connectivity index (χ3v) is 4.20. The quantitative estimate of drug-likeness (QED) is 0.201. The molecule has 1 aromatic carbocycles. The number of anilines is 1. The largest absolute Gasteiger partial charge is 0.398 e. The smallest absolute Gasteiger partial charge is 0.255 e. The molecular formula is C17H19ClN6O. The molecule has 1 saturated carbocycles. The summed E-state index contributed by atoms with van der Waals surface area (Å²) < 4.78 is 0. The summed E-state index contributed by atoms with van der Waals surface area (Å²) in [6.07, 6.45) is 3.18. The molecule has 0 aliphatic heterocycles. The van der Waals surface area contributed by atoms with Crippen LogP contribution in [0.5, 0.6) is 0 Å². The number of carbonyl (C=O) groups excluding carboxylic acids is 1. The van der Waals surface area contributed by atoms with E-state index in [1.54, 1.807) is 6.07 Å². The zero-order valence-corrected chi connectivity index (χ0v) is 14.4. The van der Waals surface area contributed by atoms with E-state index >= 15 is 0 Å². The van der Waals surface area contributed by atoms with Gasteiger partial charge in [-0.3, -0.25) is 10.2 Å². The van der Waals surface area contributed by atoms with E-state index in [4.69, 9.17) is 39.6 Å². The molecule has 130 valence electrons. The van der Waals surface area contributed by atoms with Crippen molar-refractivity contribution in [2.24, 2.45) is 11.5 Å². The number of nitrogens with one attached hydrogen (secondary N) is 3. The SMILES string of the molecule is CN/C(N)=C(/C(=N)C#Cc1c(Cl)cc(C2CC2)c(N)c1C=N)C(N)=O. The van der Waals surface area contributed by atoms with Crippen molar-refractivity contribution in [1.29, 1.82) is 10.8 Å². The number of hydrogen-bond acceptors (Lipinski definition) is 6. The summed E-state index contributed by atoms with van der Waals surface area (Å²) in [5, 5.41) is 18.5. The molecule has 1 fully saturated rings. The van der Waals surface area contributed by atoms with Crippen LogP contribution in [0.3, 0.4) is 0 Å². The molecule has 0 spiro atoms. The Balaban J connectivity index is 2.50. The van der Waals surface area contributed by atoms with Crippen molar-refractivity contribution >= 4 is 35.1 Å². The number of benzene rings is 1. The fraction of sp³-hybridized carbons (Fsp3) is 0.235. The fourth-order valence-corrected chi connectivity index (χ4v) is 2.68. The Bertz CT molecular complexity index is 858. The molecule has 9 N–H and O–H groups in total. The molecule has 1 amide bonds. The van der Waals surface area contributed by atoms with Gasteiger partial charge in [0.2, 0.25) is 0 Å². The van der Waals surface area contributed by atoms with Crippen molar-refractivity contribution in [3.63, 3.8) is 0 Å².